The molecule has 72 valence electrons. The second-order valence-corrected chi connectivity index (χ2v) is 2.86. The number of hydrogen-bond acceptors (Lipinski definition) is 3. The Morgan fingerprint density at radius 1 is 1.77 bits per heavy atom. The lowest BCUT2D eigenvalue weighted by molar-refractivity contribution is 0.0949. The Morgan fingerprint density at radius 3 is 2.92 bits per heavy atom. The number of nitrogens with one attached hydrogen (secondary N) is 1. The van der Waals surface area contributed by atoms with Crippen molar-refractivity contribution in [1.29, 1.82) is 0 Å². The van der Waals surface area contributed by atoms with E-state index in [4.69, 9.17) is 5.73 Å². The van der Waals surface area contributed by atoms with Gasteiger partial charge in [-0.1, -0.05) is 6.92 Å². The second-order valence-electron chi connectivity index (χ2n) is 2.86. The minimum Gasteiger partial charge on any atom is -0.396 e. The van der Waals surface area contributed by atoms with Crippen LogP contribution in [0.5, 0.6) is 0 Å². The fraction of sp³-hybridized carbons (Fsp3) is 0.500. The van der Waals surface area contributed by atoms with Gasteiger partial charge in [-0.2, -0.15) is 5.10 Å². The molecule has 0 spiro atoms. The first-order chi connectivity index (χ1) is 6.15. The summed E-state index contributed by atoms with van der Waals surface area (Å²) >= 11 is 0. The number of nitrogens with two attached hydrogens (primary N) is 1. The van der Waals surface area contributed by atoms with Gasteiger partial charge in [-0.3, -0.25) is 9.48 Å². The predicted molar refractivity (Wildman–Crippen MR) is 50.2 cm³/mol. The molecule has 0 bridgehead atoms. The summed E-state index contributed by atoms with van der Waals surface area (Å²) in [5.41, 5.74) is 6.28. The molecule has 1 amide bonds. The summed E-state index contributed by atoms with van der Waals surface area (Å²) in [4.78, 5) is 11.4. The topological polar surface area (TPSA) is 72.9 Å². The first-order valence-electron chi connectivity index (χ1n) is 4.22. The van der Waals surface area contributed by atoms with Crippen LogP contribution in [-0.4, -0.2) is 22.2 Å². The molecule has 0 aromatic carbocycles. The number of nitrogens with zero attached hydrogens (tertiary/aromatic N) is 2. The Hall–Kier alpha value is -1.52. The fourth-order valence-corrected chi connectivity index (χ4v) is 1.01. The maximum atomic E-state index is 11.4. The molecule has 13 heavy (non-hydrogen) atoms. The number of hydrogen-bond donors (Lipinski definition) is 2. The Labute approximate surface area is 76.9 Å². The van der Waals surface area contributed by atoms with Gasteiger partial charge in [0.25, 0.3) is 5.91 Å². The number of amides is 1. The smallest absolute Gasteiger partial charge is 0.273 e. The molecular weight excluding hydrogens is 168 g/mol. The highest BCUT2D eigenvalue weighted by Crippen LogP contribution is 2.06. The molecule has 1 heterocycles. The fourth-order valence-electron chi connectivity index (χ4n) is 1.01. The largest absolute Gasteiger partial charge is 0.396 e. The van der Waals surface area contributed by atoms with Crippen molar-refractivity contribution in [2.24, 2.45) is 7.05 Å². The van der Waals surface area contributed by atoms with Crippen LogP contribution in [0, 0.1) is 0 Å². The van der Waals surface area contributed by atoms with Gasteiger partial charge in [-0.15, -0.1) is 0 Å². The Bertz CT molecular complexity index is 305. The number of carbonyl (C=O) groups is 1. The van der Waals surface area contributed by atoms with Gasteiger partial charge in [0.05, 0.1) is 5.69 Å². The van der Waals surface area contributed by atoms with E-state index in [0.29, 0.717) is 17.9 Å². The van der Waals surface area contributed by atoms with Crippen molar-refractivity contribution in [3.8, 4) is 0 Å². The van der Waals surface area contributed by atoms with Gasteiger partial charge in [0.15, 0.2) is 5.69 Å². The van der Waals surface area contributed by atoms with Crippen LogP contribution >= 0.6 is 0 Å². The third-order valence-electron chi connectivity index (χ3n) is 1.61. The lowest BCUT2D eigenvalue weighted by atomic mass is 10.3. The van der Waals surface area contributed by atoms with Crippen molar-refractivity contribution < 1.29 is 4.79 Å². The second kappa shape index (κ2) is 3.93. The molecule has 0 unspecified atom stereocenters. The molecule has 0 aliphatic carbocycles. The van der Waals surface area contributed by atoms with Gasteiger partial charge in [0, 0.05) is 19.8 Å². The van der Waals surface area contributed by atoms with Crippen molar-refractivity contribution >= 4 is 11.6 Å². The molecule has 0 saturated carbocycles. The van der Waals surface area contributed by atoms with E-state index in [9.17, 15) is 4.79 Å². The summed E-state index contributed by atoms with van der Waals surface area (Å²) in [6.45, 7) is 2.64. The molecule has 0 aliphatic heterocycles. The van der Waals surface area contributed by atoms with E-state index < -0.39 is 0 Å². The van der Waals surface area contributed by atoms with Crippen LogP contribution in [0.15, 0.2) is 6.20 Å². The molecule has 1 rings (SSSR count). The van der Waals surface area contributed by atoms with Gasteiger partial charge < -0.3 is 11.1 Å². The van der Waals surface area contributed by atoms with E-state index in [2.05, 4.69) is 10.4 Å². The van der Waals surface area contributed by atoms with Crippen LogP contribution in [0.1, 0.15) is 23.8 Å². The number of anilines is 1. The van der Waals surface area contributed by atoms with Crippen molar-refractivity contribution in [2.75, 3.05) is 12.3 Å². The van der Waals surface area contributed by atoms with Crippen LogP contribution < -0.4 is 11.1 Å². The van der Waals surface area contributed by atoms with Crippen molar-refractivity contribution in [1.82, 2.24) is 15.1 Å². The Morgan fingerprint density at radius 2 is 2.46 bits per heavy atom. The zero-order chi connectivity index (χ0) is 9.84. The van der Waals surface area contributed by atoms with Crippen molar-refractivity contribution in [3.05, 3.63) is 11.9 Å². The molecule has 0 radical (unpaired) electrons. The standard InChI is InChI=1S/C8H14N4O/c1-3-4-10-8(13)7-6(9)5-12(2)11-7/h5H,3-4,9H2,1-2H3,(H,10,13). The average Bonchev–Trinajstić information content (AvgIpc) is 2.41. The maximum Gasteiger partial charge on any atom is 0.273 e. The third kappa shape index (κ3) is 2.21. The van der Waals surface area contributed by atoms with Gasteiger partial charge >= 0.3 is 0 Å². The highest BCUT2D eigenvalue weighted by molar-refractivity contribution is 5.96. The lowest BCUT2D eigenvalue weighted by Crippen LogP contribution is -2.25. The molecule has 1 aromatic heterocycles. The highest BCUT2D eigenvalue weighted by Gasteiger charge is 2.12. The first kappa shape index (κ1) is 9.57. The summed E-state index contributed by atoms with van der Waals surface area (Å²) in [6, 6.07) is 0. The normalized spacial score (nSPS) is 10.0. The molecular formula is C8H14N4O. The van der Waals surface area contributed by atoms with Crippen LogP contribution in [0.25, 0.3) is 0 Å². The summed E-state index contributed by atoms with van der Waals surface area (Å²) in [5, 5.41) is 6.65. The minimum absolute atomic E-state index is 0.208. The van der Waals surface area contributed by atoms with Crippen LogP contribution in [-0.2, 0) is 7.05 Å². The van der Waals surface area contributed by atoms with Crippen LogP contribution in [0.2, 0.25) is 0 Å². The van der Waals surface area contributed by atoms with E-state index in [1.807, 2.05) is 6.92 Å². The van der Waals surface area contributed by atoms with Gasteiger partial charge in [-0.25, -0.2) is 0 Å². The SMILES string of the molecule is CCCNC(=O)c1nn(C)cc1N. The minimum atomic E-state index is -0.208. The van der Waals surface area contributed by atoms with Crippen LogP contribution in [0.4, 0.5) is 5.69 Å². The molecule has 0 atom stereocenters. The number of carbonyl (C=O) groups excluding carboxylic acids is 1. The van der Waals surface area contributed by atoms with Crippen molar-refractivity contribution in [2.45, 2.75) is 13.3 Å². The summed E-state index contributed by atoms with van der Waals surface area (Å²) in [7, 11) is 1.73. The van der Waals surface area contributed by atoms with Gasteiger partial charge in [-0.05, 0) is 6.42 Å². The third-order valence-corrected chi connectivity index (χ3v) is 1.61. The number of aromatic nitrogens is 2. The van der Waals surface area contributed by atoms with E-state index in [1.54, 1.807) is 13.2 Å². The molecule has 5 nitrogen and oxygen atoms in total. The quantitative estimate of drug-likeness (QED) is 0.698. The zero-order valence-corrected chi connectivity index (χ0v) is 7.87. The zero-order valence-electron chi connectivity index (χ0n) is 7.87. The summed E-state index contributed by atoms with van der Waals surface area (Å²) < 4.78 is 1.52. The summed E-state index contributed by atoms with van der Waals surface area (Å²) in [5.74, 6) is -0.208. The molecule has 0 aliphatic rings. The number of aryl methyl sites for hydroxylation is 1. The van der Waals surface area contributed by atoms with Gasteiger partial charge in [0.1, 0.15) is 0 Å². The Balaban J connectivity index is 2.70. The molecule has 1 aromatic rings. The Kier molecular flexibility index (Phi) is 2.89. The molecule has 0 fully saturated rings. The molecule has 5 heteroatoms. The van der Waals surface area contributed by atoms with E-state index in [-0.39, 0.29) is 5.91 Å². The number of nitrogen functional groups attached to an aromatic ring is 1. The van der Waals surface area contributed by atoms with Crippen molar-refractivity contribution in [3.63, 3.8) is 0 Å². The molecule has 3 N–H and O–H groups in total. The highest BCUT2D eigenvalue weighted by atomic mass is 16.1. The number of rotatable bonds is 3. The maximum absolute atomic E-state index is 11.4. The monoisotopic (exact) mass is 182 g/mol. The molecule has 0 saturated heterocycles. The van der Waals surface area contributed by atoms with E-state index in [0.717, 1.165) is 6.42 Å². The lowest BCUT2D eigenvalue weighted by Gasteiger charge is -1.99. The van der Waals surface area contributed by atoms with E-state index in [1.165, 1.54) is 4.68 Å². The average molecular weight is 182 g/mol. The summed E-state index contributed by atoms with van der Waals surface area (Å²) in [6.07, 6.45) is 2.51. The first-order valence-corrected chi connectivity index (χ1v) is 4.22. The van der Waals surface area contributed by atoms with Gasteiger partial charge in [0.2, 0.25) is 0 Å². The van der Waals surface area contributed by atoms with Crippen LogP contribution in [0.3, 0.4) is 0 Å². The predicted octanol–water partition coefficient (Wildman–Crippen LogP) is 0.142. The van der Waals surface area contributed by atoms with E-state index >= 15 is 0 Å².